The van der Waals surface area contributed by atoms with Crippen LogP contribution in [-0.2, 0) is 6.54 Å². The molecule has 2 N–H and O–H groups in total. The number of carbonyl (C=O) groups excluding carboxylic acids is 2. The lowest BCUT2D eigenvalue weighted by molar-refractivity contribution is 0.0532. The number of nitrogens with two attached hydrogens (primary N) is 1. The molecule has 132 valence electrons. The van der Waals surface area contributed by atoms with Gasteiger partial charge in [0, 0.05) is 43.7 Å². The molecule has 3 rings (SSSR count). The normalized spacial score (nSPS) is 14.7. The Labute approximate surface area is 149 Å². The third-order valence-corrected chi connectivity index (χ3v) is 5.09. The van der Waals surface area contributed by atoms with Crippen LogP contribution >= 0.6 is 11.3 Å². The first-order valence-electron chi connectivity index (χ1n) is 7.98. The van der Waals surface area contributed by atoms with Gasteiger partial charge < -0.3 is 15.5 Å². The maximum Gasteiger partial charge on any atom is 0.273 e. The first kappa shape index (κ1) is 17.5. The van der Waals surface area contributed by atoms with Crippen molar-refractivity contribution in [2.45, 2.75) is 13.5 Å². The summed E-state index contributed by atoms with van der Waals surface area (Å²) in [5.74, 6) is -0.756. The molecule has 0 aliphatic carbocycles. The number of hydrogen-bond acceptors (Lipinski definition) is 5. The lowest BCUT2D eigenvalue weighted by Gasteiger charge is -2.34. The zero-order valence-electron chi connectivity index (χ0n) is 13.9. The van der Waals surface area contributed by atoms with Crippen molar-refractivity contribution in [2.24, 2.45) is 5.73 Å². The molecule has 2 amide bonds. The largest absolute Gasteiger partial charge is 0.335 e. The second-order valence-corrected chi connectivity index (χ2v) is 6.82. The standard InChI is InChI=1S/C17H19FN4O2S/c1-11-2-3-12(8-13(11)18)16(23)21-4-6-22(7-5-21)17(24)14-10-25-15(9-19)20-14/h2-3,8,10H,4-7,9,19H2,1H3. The van der Waals surface area contributed by atoms with E-state index in [1.807, 2.05) is 0 Å². The van der Waals surface area contributed by atoms with Gasteiger partial charge in [0.1, 0.15) is 16.5 Å². The molecular weight excluding hydrogens is 343 g/mol. The van der Waals surface area contributed by atoms with Crippen molar-refractivity contribution in [3.05, 3.63) is 51.2 Å². The average molecular weight is 362 g/mol. The summed E-state index contributed by atoms with van der Waals surface area (Å²) in [6.07, 6.45) is 0. The van der Waals surface area contributed by atoms with Crippen LogP contribution in [0.1, 0.15) is 31.4 Å². The first-order chi connectivity index (χ1) is 12.0. The number of thiazole rings is 1. The predicted octanol–water partition coefficient (Wildman–Crippen LogP) is 1.65. The van der Waals surface area contributed by atoms with Crippen LogP contribution in [0.25, 0.3) is 0 Å². The fourth-order valence-electron chi connectivity index (χ4n) is 2.69. The Morgan fingerprint density at radius 3 is 2.40 bits per heavy atom. The molecule has 0 spiro atoms. The van der Waals surface area contributed by atoms with Gasteiger partial charge in [0.05, 0.1) is 0 Å². The number of benzene rings is 1. The lowest BCUT2D eigenvalue weighted by atomic mass is 10.1. The van der Waals surface area contributed by atoms with E-state index in [1.54, 1.807) is 34.2 Å². The SMILES string of the molecule is Cc1ccc(C(=O)N2CCN(C(=O)c3csc(CN)n3)CC2)cc1F. The maximum absolute atomic E-state index is 13.7. The lowest BCUT2D eigenvalue weighted by Crippen LogP contribution is -2.50. The highest BCUT2D eigenvalue weighted by molar-refractivity contribution is 7.09. The molecule has 8 heteroatoms. The second kappa shape index (κ2) is 7.28. The number of nitrogens with zero attached hydrogens (tertiary/aromatic N) is 3. The monoisotopic (exact) mass is 362 g/mol. The maximum atomic E-state index is 13.7. The quantitative estimate of drug-likeness (QED) is 0.900. The molecule has 1 fully saturated rings. The van der Waals surface area contributed by atoms with Crippen molar-refractivity contribution in [1.82, 2.24) is 14.8 Å². The molecule has 0 radical (unpaired) electrons. The molecule has 1 aromatic heterocycles. The second-order valence-electron chi connectivity index (χ2n) is 5.88. The number of carbonyl (C=O) groups is 2. The van der Waals surface area contributed by atoms with E-state index >= 15 is 0 Å². The molecule has 25 heavy (non-hydrogen) atoms. The topological polar surface area (TPSA) is 79.5 Å². The van der Waals surface area contributed by atoms with Crippen molar-refractivity contribution >= 4 is 23.2 Å². The Morgan fingerprint density at radius 2 is 1.84 bits per heavy atom. The molecule has 1 aromatic carbocycles. The van der Waals surface area contributed by atoms with Crippen LogP contribution in [0.15, 0.2) is 23.6 Å². The van der Waals surface area contributed by atoms with Gasteiger partial charge in [0.15, 0.2) is 0 Å². The minimum atomic E-state index is -0.390. The Kier molecular flexibility index (Phi) is 5.10. The Balaban J connectivity index is 1.62. The van der Waals surface area contributed by atoms with Crippen molar-refractivity contribution in [2.75, 3.05) is 26.2 Å². The molecule has 1 aliphatic rings. The highest BCUT2D eigenvalue weighted by Crippen LogP contribution is 2.16. The van der Waals surface area contributed by atoms with Gasteiger partial charge in [0.25, 0.3) is 11.8 Å². The number of amides is 2. The average Bonchev–Trinajstić information content (AvgIpc) is 3.12. The van der Waals surface area contributed by atoms with Gasteiger partial charge in [-0.1, -0.05) is 6.07 Å². The van der Waals surface area contributed by atoms with E-state index in [2.05, 4.69) is 4.98 Å². The summed E-state index contributed by atoms with van der Waals surface area (Å²) < 4.78 is 13.7. The summed E-state index contributed by atoms with van der Waals surface area (Å²) in [5, 5.41) is 2.43. The molecule has 2 aromatic rings. The van der Waals surface area contributed by atoms with Crippen LogP contribution in [0, 0.1) is 12.7 Å². The number of rotatable bonds is 3. The Morgan fingerprint density at radius 1 is 1.20 bits per heavy atom. The van der Waals surface area contributed by atoms with E-state index in [4.69, 9.17) is 5.73 Å². The van der Waals surface area contributed by atoms with Gasteiger partial charge >= 0.3 is 0 Å². The van der Waals surface area contributed by atoms with Crippen LogP contribution < -0.4 is 5.73 Å². The summed E-state index contributed by atoms with van der Waals surface area (Å²) in [5.41, 5.74) is 6.75. The van der Waals surface area contributed by atoms with E-state index in [1.165, 1.54) is 17.4 Å². The fraction of sp³-hybridized carbons (Fsp3) is 0.353. The zero-order chi connectivity index (χ0) is 18.0. The van der Waals surface area contributed by atoms with Crippen molar-refractivity contribution in [3.8, 4) is 0 Å². The van der Waals surface area contributed by atoms with Gasteiger partial charge in [-0.3, -0.25) is 9.59 Å². The smallest absolute Gasteiger partial charge is 0.273 e. The summed E-state index contributed by atoms with van der Waals surface area (Å²) >= 11 is 1.36. The Hall–Kier alpha value is -2.32. The molecule has 1 aliphatic heterocycles. The zero-order valence-corrected chi connectivity index (χ0v) is 14.7. The number of aromatic nitrogens is 1. The third kappa shape index (κ3) is 3.69. The predicted molar refractivity (Wildman–Crippen MR) is 92.9 cm³/mol. The third-order valence-electron chi connectivity index (χ3n) is 4.22. The van der Waals surface area contributed by atoms with Crippen LogP contribution in [0.5, 0.6) is 0 Å². The summed E-state index contributed by atoms with van der Waals surface area (Å²) in [7, 11) is 0. The molecule has 0 saturated carbocycles. The summed E-state index contributed by atoms with van der Waals surface area (Å²) in [6, 6.07) is 4.49. The highest BCUT2D eigenvalue weighted by Gasteiger charge is 2.26. The van der Waals surface area contributed by atoms with Gasteiger partial charge in [-0.15, -0.1) is 11.3 Å². The van der Waals surface area contributed by atoms with Crippen LogP contribution in [0.3, 0.4) is 0 Å². The van der Waals surface area contributed by atoms with Gasteiger partial charge in [0.2, 0.25) is 0 Å². The minimum absolute atomic E-state index is 0.149. The van der Waals surface area contributed by atoms with Crippen LogP contribution in [-0.4, -0.2) is 52.8 Å². The van der Waals surface area contributed by atoms with E-state index in [0.29, 0.717) is 49.5 Å². The number of hydrogen-bond donors (Lipinski definition) is 1. The van der Waals surface area contributed by atoms with Crippen molar-refractivity contribution < 1.29 is 14.0 Å². The van der Waals surface area contributed by atoms with Crippen molar-refractivity contribution in [1.29, 1.82) is 0 Å². The molecule has 0 bridgehead atoms. The molecule has 0 atom stereocenters. The van der Waals surface area contributed by atoms with E-state index in [-0.39, 0.29) is 17.6 Å². The van der Waals surface area contributed by atoms with Gasteiger partial charge in [-0.25, -0.2) is 9.37 Å². The first-order valence-corrected chi connectivity index (χ1v) is 8.86. The van der Waals surface area contributed by atoms with Gasteiger partial charge in [-0.2, -0.15) is 0 Å². The van der Waals surface area contributed by atoms with E-state index in [0.717, 1.165) is 5.01 Å². The molecule has 1 saturated heterocycles. The number of piperazine rings is 1. The van der Waals surface area contributed by atoms with Crippen LogP contribution in [0.2, 0.25) is 0 Å². The van der Waals surface area contributed by atoms with E-state index < -0.39 is 0 Å². The van der Waals surface area contributed by atoms with Gasteiger partial charge in [-0.05, 0) is 24.6 Å². The molecule has 0 unspecified atom stereocenters. The summed E-state index contributed by atoms with van der Waals surface area (Å²) in [6.45, 7) is 3.64. The molecular formula is C17H19FN4O2S. The van der Waals surface area contributed by atoms with E-state index in [9.17, 15) is 14.0 Å². The fourth-order valence-corrected chi connectivity index (χ4v) is 3.33. The minimum Gasteiger partial charge on any atom is -0.335 e. The van der Waals surface area contributed by atoms with Crippen molar-refractivity contribution in [3.63, 3.8) is 0 Å². The Bertz CT molecular complexity index is 800. The molecule has 6 nitrogen and oxygen atoms in total. The molecule has 2 heterocycles. The highest BCUT2D eigenvalue weighted by atomic mass is 32.1. The number of halogens is 1. The summed E-state index contributed by atoms with van der Waals surface area (Å²) in [4.78, 5) is 32.4. The number of aryl methyl sites for hydroxylation is 1. The van der Waals surface area contributed by atoms with Crippen LogP contribution in [0.4, 0.5) is 4.39 Å².